The summed E-state index contributed by atoms with van der Waals surface area (Å²) in [5.74, 6) is 0. The number of allylic oxidation sites excluding steroid dienone is 1. The Hall–Kier alpha value is -0.630. The van der Waals surface area contributed by atoms with Gasteiger partial charge in [0.1, 0.15) is 6.29 Å². The molecule has 0 fully saturated rings. The highest BCUT2D eigenvalue weighted by molar-refractivity contribution is 5.71. The summed E-state index contributed by atoms with van der Waals surface area (Å²) in [5.41, 5.74) is 0.741. The molecule has 0 aliphatic carbocycles. The van der Waals surface area contributed by atoms with Crippen LogP contribution in [0.4, 0.5) is 0 Å². The highest BCUT2D eigenvalue weighted by Crippen LogP contribution is 1.94. The molecule has 0 saturated carbocycles. The van der Waals surface area contributed by atoms with Crippen LogP contribution in [0.25, 0.3) is 0 Å². The molecule has 0 aromatic carbocycles. The molecule has 2 heteroatoms. The number of hydrogen-bond acceptors (Lipinski definition) is 2. The number of unbranched alkanes of at least 4 members (excludes halogenated alkanes) is 2. The molecule has 0 amide bonds. The van der Waals surface area contributed by atoms with E-state index in [2.05, 4.69) is 6.92 Å². The molecule has 0 saturated heterocycles. The van der Waals surface area contributed by atoms with E-state index in [0.717, 1.165) is 24.9 Å². The Morgan fingerprint density at radius 3 is 2.75 bits per heavy atom. The summed E-state index contributed by atoms with van der Waals surface area (Å²) in [6, 6.07) is 0. The second-order valence-corrected chi connectivity index (χ2v) is 2.85. The fourth-order valence-electron chi connectivity index (χ4n) is 0.776. The Morgan fingerprint density at radius 2 is 2.17 bits per heavy atom. The summed E-state index contributed by atoms with van der Waals surface area (Å²) < 4.78 is 5.27. The zero-order chi connectivity index (χ0) is 9.23. The molecule has 0 unspecified atom stereocenters. The van der Waals surface area contributed by atoms with E-state index in [1.807, 2.05) is 0 Å². The van der Waals surface area contributed by atoms with Gasteiger partial charge in [-0.2, -0.15) is 0 Å². The molecule has 2 nitrogen and oxygen atoms in total. The summed E-state index contributed by atoms with van der Waals surface area (Å²) in [4.78, 5) is 10.1. The Bertz CT molecular complexity index is 139. The van der Waals surface area contributed by atoms with Crippen LogP contribution >= 0.6 is 0 Å². The molecule has 0 aromatic heterocycles. The van der Waals surface area contributed by atoms with Crippen LogP contribution in [-0.4, -0.2) is 19.5 Å². The Balaban J connectivity index is 3.15. The maximum atomic E-state index is 10.1. The average molecular weight is 170 g/mol. The minimum Gasteiger partial charge on any atom is -0.377 e. The average Bonchev–Trinajstić information content (AvgIpc) is 2.10. The van der Waals surface area contributed by atoms with Crippen molar-refractivity contribution in [1.82, 2.24) is 0 Å². The highest BCUT2D eigenvalue weighted by atomic mass is 16.5. The molecule has 12 heavy (non-hydrogen) atoms. The predicted molar refractivity (Wildman–Crippen MR) is 50.2 cm³/mol. The van der Waals surface area contributed by atoms with E-state index in [1.165, 1.54) is 12.8 Å². The summed E-state index contributed by atoms with van der Waals surface area (Å²) in [7, 11) is 0. The minimum atomic E-state index is 0.564. The van der Waals surface area contributed by atoms with Crippen molar-refractivity contribution >= 4 is 6.29 Å². The van der Waals surface area contributed by atoms with E-state index in [1.54, 1.807) is 13.0 Å². The van der Waals surface area contributed by atoms with Crippen molar-refractivity contribution in [3.63, 3.8) is 0 Å². The highest BCUT2D eigenvalue weighted by Gasteiger charge is 1.87. The summed E-state index contributed by atoms with van der Waals surface area (Å²) >= 11 is 0. The molecule has 0 radical (unpaired) electrons. The first-order valence-corrected chi connectivity index (χ1v) is 4.51. The van der Waals surface area contributed by atoms with Crippen molar-refractivity contribution in [3.8, 4) is 0 Å². The molecule has 0 bridgehead atoms. The van der Waals surface area contributed by atoms with Crippen molar-refractivity contribution in [2.45, 2.75) is 33.1 Å². The summed E-state index contributed by atoms with van der Waals surface area (Å²) in [6.45, 7) is 5.31. The Labute approximate surface area is 74.6 Å². The monoisotopic (exact) mass is 170 g/mol. The van der Waals surface area contributed by atoms with Crippen molar-refractivity contribution < 1.29 is 9.53 Å². The van der Waals surface area contributed by atoms with E-state index in [4.69, 9.17) is 4.74 Å². The van der Waals surface area contributed by atoms with Gasteiger partial charge in [0, 0.05) is 6.61 Å². The van der Waals surface area contributed by atoms with Crippen molar-refractivity contribution in [2.24, 2.45) is 0 Å². The largest absolute Gasteiger partial charge is 0.377 e. The van der Waals surface area contributed by atoms with Crippen LogP contribution in [0, 0.1) is 0 Å². The first-order chi connectivity index (χ1) is 5.81. The normalized spacial score (nSPS) is 11.7. The summed E-state index contributed by atoms with van der Waals surface area (Å²) in [6.07, 6.45) is 6.20. The van der Waals surface area contributed by atoms with Crippen LogP contribution < -0.4 is 0 Å². The zero-order valence-electron chi connectivity index (χ0n) is 8.01. The van der Waals surface area contributed by atoms with Gasteiger partial charge in [0.15, 0.2) is 0 Å². The Morgan fingerprint density at radius 1 is 1.42 bits per heavy atom. The van der Waals surface area contributed by atoms with Gasteiger partial charge in [-0.3, -0.25) is 4.79 Å². The minimum absolute atomic E-state index is 0.564. The number of carbonyl (C=O) groups excluding carboxylic acids is 1. The van der Waals surface area contributed by atoms with E-state index in [-0.39, 0.29) is 0 Å². The lowest BCUT2D eigenvalue weighted by atomic mass is 10.3. The fourth-order valence-corrected chi connectivity index (χ4v) is 0.776. The van der Waals surface area contributed by atoms with Crippen LogP contribution in [0.15, 0.2) is 11.6 Å². The number of aldehydes is 1. The molecular formula is C10H18O2. The molecular weight excluding hydrogens is 152 g/mol. The summed E-state index contributed by atoms with van der Waals surface area (Å²) in [5, 5.41) is 0. The first-order valence-electron chi connectivity index (χ1n) is 4.51. The van der Waals surface area contributed by atoms with Gasteiger partial charge in [-0.15, -0.1) is 0 Å². The van der Waals surface area contributed by atoms with Gasteiger partial charge in [-0.05, 0) is 18.9 Å². The molecule has 0 heterocycles. The second kappa shape index (κ2) is 8.47. The van der Waals surface area contributed by atoms with Crippen LogP contribution in [0.5, 0.6) is 0 Å². The van der Waals surface area contributed by atoms with Crippen molar-refractivity contribution in [1.29, 1.82) is 0 Å². The van der Waals surface area contributed by atoms with Gasteiger partial charge in [-0.1, -0.05) is 25.8 Å². The molecule has 0 aliphatic rings. The fraction of sp³-hybridized carbons (Fsp3) is 0.700. The Kier molecular flexibility index (Phi) is 8.02. The maximum absolute atomic E-state index is 10.1. The van der Waals surface area contributed by atoms with E-state index in [0.29, 0.717) is 6.61 Å². The number of hydrogen-bond donors (Lipinski definition) is 0. The van der Waals surface area contributed by atoms with E-state index >= 15 is 0 Å². The third-order valence-electron chi connectivity index (χ3n) is 1.60. The quantitative estimate of drug-likeness (QED) is 0.333. The smallest absolute Gasteiger partial charge is 0.145 e. The van der Waals surface area contributed by atoms with Gasteiger partial charge in [-0.25, -0.2) is 0 Å². The molecule has 70 valence electrons. The third kappa shape index (κ3) is 7.48. The van der Waals surface area contributed by atoms with Gasteiger partial charge in [0.25, 0.3) is 0 Å². The third-order valence-corrected chi connectivity index (χ3v) is 1.60. The van der Waals surface area contributed by atoms with Crippen LogP contribution in [0.3, 0.4) is 0 Å². The lowest BCUT2D eigenvalue weighted by Crippen LogP contribution is -1.95. The molecule has 0 N–H and O–H groups in total. The molecule has 0 rings (SSSR count). The number of ether oxygens (including phenoxy) is 1. The van der Waals surface area contributed by atoms with Gasteiger partial charge in [0.2, 0.25) is 0 Å². The molecule has 0 aromatic rings. The zero-order valence-corrected chi connectivity index (χ0v) is 8.01. The lowest BCUT2D eigenvalue weighted by Gasteiger charge is -1.99. The maximum Gasteiger partial charge on any atom is 0.145 e. The topological polar surface area (TPSA) is 26.3 Å². The SMILES string of the molecule is CCCCCOC/C=C(/C)C=O. The second-order valence-electron chi connectivity index (χ2n) is 2.85. The van der Waals surface area contributed by atoms with Gasteiger partial charge in [0.05, 0.1) is 6.61 Å². The van der Waals surface area contributed by atoms with Crippen LogP contribution in [0.1, 0.15) is 33.1 Å². The van der Waals surface area contributed by atoms with Crippen molar-refractivity contribution in [3.05, 3.63) is 11.6 Å². The lowest BCUT2D eigenvalue weighted by molar-refractivity contribution is -0.104. The van der Waals surface area contributed by atoms with Crippen molar-refractivity contribution in [2.75, 3.05) is 13.2 Å². The predicted octanol–water partition coefficient (Wildman–Crippen LogP) is 2.34. The molecule has 0 aliphatic heterocycles. The first kappa shape index (κ1) is 11.4. The van der Waals surface area contributed by atoms with E-state index < -0.39 is 0 Å². The van der Waals surface area contributed by atoms with E-state index in [9.17, 15) is 4.79 Å². The molecule has 0 atom stereocenters. The van der Waals surface area contributed by atoms with Gasteiger partial charge < -0.3 is 4.74 Å². The standard InChI is InChI=1S/C10H18O2/c1-3-4-5-7-12-8-6-10(2)9-11/h6,9H,3-5,7-8H2,1-2H3/b10-6-. The van der Waals surface area contributed by atoms with Gasteiger partial charge >= 0.3 is 0 Å². The van der Waals surface area contributed by atoms with Crippen LogP contribution in [0.2, 0.25) is 0 Å². The van der Waals surface area contributed by atoms with Crippen LogP contribution in [-0.2, 0) is 9.53 Å². The number of rotatable bonds is 7. The molecule has 0 spiro atoms. The number of carbonyl (C=O) groups is 1.